The van der Waals surface area contributed by atoms with Crippen LogP contribution in [0.1, 0.15) is 0 Å². The summed E-state index contributed by atoms with van der Waals surface area (Å²) in [7, 11) is 0. The van der Waals surface area contributed by atoms with E-state index >= 15 is 0 Å². The van der Waals surface area contributed by atoms with Gasteiger partial charge in [0.25, 0.3) is 0 Å². The molecule has 6 aromatic carbocycles. The van der Waals surface area contributed by atoms with Gasteiger partial charge in [0.15, 0.2) is 0 Å². The van der Waals surface area contributed by atoms with Crippen LogP contribution in [0.25, 0.3) is 97.3 Å². The molecule has 0 amide bonds. The molecule has 228 valence electrons. The Kier molecular flexibility index (Phi) is 6.36. The summed E-state index contributed by atoms with van der Waals surface area (Å²) in [6, 6.07) is 50.5. The van der Waals surface area contributed by atoms with Crippen molar-refractivity contribution in [2.45, 2.75) is 0 Å². The van der Waals surface area contributed by atoms with Crippen LogP contribution in [-0.4, -0.2) is 15.0 Å². The van der Waals surface area contributed by atoms with E-state index in [9.17, 15) is 0 Å². The van der Waals surface area contributed by atoms with Crippen molar-refractivity contribution in [3.05, 3.63) is 164 Å². The van der Waals surface area contributed by atoms with Crippen LogP contribution < -0.4 is 0 Å². The Hall–Kier alpha value is -6.23. The van der Waals surface area contributed by atoms with Crippen LogP contribution in [0.2, 0.25) is 0 Å². The molecule has 4 heterocycles. The van der Waals surface area contributed by atoms with Gasteiger partial charge >= 0.3 is 0 Å². The average molecular weight is 642 g/mol. The number of fused-ring (bicyclic) bond motifs is 7. The number of hydrogen-bond donors (Lipinski definition) is 0. The smallest absolute Gasteiger partial charge is 0.0964 e. The quantitative estimate of drug-likeness (QED) is 0.180. The Morgan fingerprint density at radius 2 is 1.10 bits per heavy atom. The van der Waals surface area contributed by atoms with E-state index in [1.807, 2.05) is 42.2 Å². The maximum absolute atomic E-state index is 4.85. The van der Waals surface area contributed by atoms with Gasteiger partial charge in [-0.3, -0.25) is 15.0 Å². The largest absolute Gasteiger partial charge is 0.264 e. The minimum atomic E-state index is 0.931. The first-order valence-corrected chi connectivity index (χ1v) is 17.2. The SMILES string of the molecule is c1cc(-c2cc(-c3ccc(-c4cnc5c(ccc6cccnc65)c4)cc3)cc(-c3ccc4c(c3)sc3ccccc34)c2)c2cnccc2c1. The lowest BCUT2D eigenvalue weighted by Gasteiger charge is -2.13. The normalized spacial score (nSPS) is 11.7. The molecule has 0 fully saturated rings. The fourth-order valence-electron chi connectivity index (χ4n) is 7.14. The highest BCUT2D eigenvalue weighted by Gasteiger charge is 2.13. The van der Waals surface area contributed by atoms with Crippen LogP contribution in [0.15, 0.2) is 164 Å². The highest BCUT2D eigenvalue weighted by Crippen LogP contribution is 2.40. The molecule has 10 aromatic rings. The number of benzene rings is 6. The van der Waals surface area contributed by atoms with Crippen LogP contribution in [-0.2, 0) is 0 Å². The molecule has 0 N–H and O–H groups in total. The van der Waals surface area contributed by atoms with Crippen molar-refractivity contribution in [1.29, 1.82) is 0 Å². The summed E-state index contributed by atoms with van der Waals surface area (Å²) in [5.41, 5.74) is 11.2. The Bertz CT molecular complexity index is 2880. The Morgan fingerprint density at radius 1 is 0.367 bits per heavy atom. The summed E-state index contributed by atoms with van der Waals surface area (Å²) in [6.07, 6.45) is 7.63. The van der Waals surface area contributed by atoms with Crippen molar-refractivity contribution in [3.63, 3.8) is 0 Å². The van der Waals surface area contributed by atoms with E-state index in [0.717, 1.165) is 43.9 Å². The van der Waals surface area contributed by atoms with Crippen LogP contribution in [0.4, 0.5) is 0 Å². The second-order valence-corrected chi connectivity index (χ2v) is 13.6. The maximum atomic E-state index is 4.85. The minimum absolute atomic E-state index is 0.931. The molecule has 0 spiro atoms. The Balaban J connectivity index is 1.10. The lowest BCUT2D eigenvalue weighted by atomic mass is 9.91. The summed E-state index contributed by atoms with van der Waals surface area (Å²) in [4.78, 5) is 13.9. The molecular formula is C45H27N3S. The van der Waals surface area contributed by atoms with E-state index in [4.69, 9.17) is 4.98 Å². The Morgan fingerprint density at radius 3 is 2.02 bits per heavy atom. The van der Waals surface area contributed by atoms with Gasteiger partial charge in [0.05, 0.1) is 11.0 Å². The fourth-order valence-corrected chi connectivity index (χ4v) is 8.28. The van der Waals surface area contributed by atoms with E-state index in [0.29, 0.717) is 0 Å². The topological polar surface area (TPSA) is 38.7 Å². The van der Waals surface area contributed by atoms with E-state index in [1.54, 1.807) is 0 Å². The molecule has 0 aliphatic heterocycles. The molecule has 0 saturated heterocycles. The van der Waals surface area contributed by atoms with Crippen LogP contribution >= 0.6 is 11.3 Å². The first-order valence-electron chi connectivity index (χ1n) is 16.4. The standard InChI is InChI=1S/C45H27N3S/c1-2-9-42-39(7-1)40-17-16-32(25-43(40)49-42)35-22-34(23-36(24-35)38-8-3-5-30-18-20-46-27-41(30)38)28-10-12-29(13-11-28)37-21-33-15-14-31-6-4-19-47-44(31)45(33)48-26-37/h1-27H. The first-order chi connectivity index (χ1) is 24.2. The molecule has 0 unspecified atom stereocenters. The number of hydrogen-bond acceptors (Lipinski definition) is 4. The van der Waals surface area contributed by atoms with Crippen molar-refractivity contribution in [1.82, 2.24) is 15.0 Å². The van der Waals surface area contributed by atoms with E-state index in [1.165, 1.54) is 53.4 Å². The number of rotatable bonds is 4. The van der Waals surface area contributed by atoms with Crippen molar-refractivity contribution in [2.24, 2.45) is 0 Å². The molecule has 0 saturated carbocycles. The second-order valence-electron chi connectivity index (χ2n) is 12.5. The van der Waals surface area contributed by atoms with Gasteiger partial charge < -0.3 is 0 Å². The lowest BCUT2D eigenvalue weighted by Crippen LogP contribution is -1.89. The molecule has 4 aromatic heterocycles. The number of pyridine rings is 3. The van der Waals surface area contributed by atoms with Gasteiger partial charge in [-0.2, -0.15) is 0 Å². The summed E-state index contributed by atoms with van der Waals surface area (Å²) < 4.78 is 2.62. The minimum Gasteiger partial charge on any atom is -0.264 e. The van der Waals surface area contributed by atoms with Gasteiger partial charge in [0.1, 0.15) is 0 Å². The highest BCUT2D eigenvalue weighted by atomic mass is 32.1. The van der Waals surface area contributed by atoms with Gasteiger partial charge in [-0.15, -0.1) is 11.3 Å². The van der Waals surface area contributed by atoms with Gasteiger partial charge in [0, 0.05) is 66.7 Å². The summed E-state index contributed by atoms with van der Waals surface area (Å²) in [5.74, 6) is 0. The van der Waals surface area contributed by atoms with Crippen molar-refractivity contribution in [3.8, 4) is 44.5 Å². The van der Waals surface area contributed by atoms with Crippen molar-refractivity contribution < 1.29 is 0 Å². The third kappa shape index (κ3) is 4.76. The van der Waals surface area contributed by atoms with Crippen LogP contribution in [0, 0.1) is 0 Å². The molecular weight excluding hydrogens is 615 g/mol. The third-order valence-corrected chi connectivity index (χ3v) is 10.7. The van der Waals surface area contributed by atoms with Crippen LogP contribution in [0.5, 0.6) is 0 Å². The van der Waals surface area contributed by atoms with Gasteiger partial charge in [-0.05, 0) is 92.9 Å². The predicted molar refractivity (Wildman–Crippen MR) is 207 cm³/mol. The molecule has 49 heavy (non-hydrogen) atoms. The van der Waals surface area contributed by atoms with E-state index in [2.05, 4.69) is 143 Å². The molecule has 0 aliphatic carbocycles. The zero-order chi connectivity index (χ0) is 32.3. The highest BCUT2D eigenvalue weighted by molar-refractivity contribution is 7.25. The van der Waals surface area contributed by atoms with E-state index < -0.39 is 0 Å². The average Bonchev–Trinajstić information content (AvgIpc) is 3.55. The first kappa shape index (κ1) is 27.8. The van der Waals surface area contributed by atoms with Crippen molar-refractivity contribution in [2.75, 3.05) is 0 Å². The summed E-state index contributed by atoms with van der Waals surface area (Å²) >= 11 is 1.86. The second kappa shape index (κ2) is 11.2. The number of thiophene rings is 1. The van der Waals surface area contributed by atoms with Crippen molar-refractivity contribution >= 4 is 64.1 Å². The fraction of sp³-hybridized carbons (Fsp3) is 0. The molecule has 10 rings (SSSR count). The van der Waals surface area contributed by atoms with Gasteiger partial charge in [-0.25, -0.2) is 0 Å². The molecule has 0 radical (unpaired) electrons. The molecule has 3 nitrogen and oxygen atoms in total. The lowest BCUT2D eigenvalue weighted by molar-refractivity contribution is 1.36. The van der Waals surface area contributed by atoms with Gasteiger partial charge in [0.2, 0.25) is 0 Å². The zero-order valence-electron chi connectivity index (χ0n) is 26.3. The number of aromatic nitrogens is 3. The third-order valence-electron chi connectivity index (χ3n) is 9.61. The van der Waals surface area contributed by atoms with Gasteiger partial charge in [-0.1, -0.05) is 91.0 Å². The molecule has 0 atom stereocenters. The molecule has 0 aliphatic rings. The molecule has 4 heteroatoms. The zero-order valence-corrected chi connectivity index (χ0v) is 27.2. The maximum Gasteiger partial charge on any atom is 0.0964 e. The Labute approximate surface area is 286 Å². The number of nitrogens with zero attached hydrogens (tertiary/aromatic N) is 3. The predicted octanol–water partition coefficient (Wildman–Crippen LogP) is 12.4. The molecule has 0 bridgehead atoms. The monoisotopic (exact) mass is 641 g/mol. The summed E-state index contributed by atoms with van der Waals surface area (Å²) in [6.45, 7) is 0. The van der Waals surface area contributed by atoms with Crippen LogP contribution in [0.3, 0.4) is 0 Å². The summed E-state index contributed by atoms with van der Waals surface area (Å²) in [5, 5.41) is 7.15. The van der Waals surface area contributed by atoms with E-state index in [-0.39, 0.29) is 0 Å².